The molecule has 0 unspecified atom stereocenters. The Bertz CT molecular complexity index is 949. The highest BCUT2D eigenvalue weighted by Gasteiger charge is 2.15. The third-order valence-corrected chi connectivity index (χ3v) is 4.22. The summed E-state index contributed by atoms with van der Waals surface area (Å²) in [6, 6.07) is 19.5. The first-order valence-electron chi connectivity index (χ1n) is 8.76. The molecule has 0 atom stereocenters. The lowest BCUT2D eigenvalue weighted by Gasteiger charge is -2.11. The fourth-order valence-corrected chi connectivity index (χ4v) is 2.65. The largest absolute Gasteiger partial charge is 0.465 e. The Kier molecular flexibility index (Phi) is 6.65. The van der Waals surface area contributed by atoms with Gasteiger partial charge in [-0.2, -0.15) is 0 Å². The second-order valence-corrected chi connectivity index (χ2v) is 6.46. The van der Waals surface area contributed by atoms with Crippen molar-refractivity contribution in [2.24, 2.45) is 0 Å². The number of halogens is 1. The average Bonchev–Trinajstić information content (AvgIpc) is 3.22. The van der Waals surface area contributed by atoms with E-state index in [0.29, 0.717) is 29.3 Å². The molecule has 0 fully saturated rings. The summed E-state index contributed by atoms with van der Waals surface area (Å²) in [6.45, 7) is 0.414. The van der Waals surface area contributed by atoms with Gasteiger partial charge in [-0.25, -0.2) is 0 Å². The molecular formula is C22H19ClN2O3. The molecule has 1 heterocycles. The van der Waals surface area contributed by atoms with Crippen LogP contribution in [-0.4, -0.2) is 18.4 Å². The average molecular weight is 395 g/mol. The van der Waals surface area contributed by atoms with Crippen molar-refractivity contribution in [1.29, 1.82) is 0 Å². The minimum Gasteiger partial charge on any atom is -0.465 e. The van der Waals surface area contributed by atoms with E-state index in [4.69, 9.17) is 16.0 Å². The molecule has 0 spiro atoms. The molecule has 28 heavy (non-hydrogen) atoms. The van der Waals surface area contributed by atoms with Gasteiger partial charge in [0.25, 0.3) is 11.8 Å². The summed E-state index contributed by atoms with van der Waals surface area (Å²) in [6.07, 6.45) is 3.64. The first-order chi connectivity index (χ1) is 13.6. The van der Waals surface area contributed by atoms with Crippen LogP contribution in [0.25, 0.3) is 6.08 Å². The Morgan fingerprint density at radius 3 is 2.39 bits per heavy atom. The Morgan fingerprint density at radius 1 is 0.964 bits per heavy atom. The van der Waals surface area contributed by atoms with Crippen molar-refractivity contribution in [3.05, 3.63) is 101 Å². The molecule has 0 aliphatic rings. The lowest BCUT2D eigenvalue weighted by molar-refractivity contribution is -0.117. The van der Waals surface area contributed by atoms with E-state index in [9.17, 15) is 9.59 Å². The molecule has 2 amide bonds. The lowest BCUT2D eigenvalue weighted by Crippen LogP contribution is -2.35. The predicted octanol–water partition coefficient (Wildman–Crippen LogP) is 4.06. The van der Waals surface area contributed by atoms with Crippen LogP contribution < -0.4 is 10.6 Å². The van der Waals surface area contributed by atoms with Crippen molar-refractivity contribution in [3.8, 4) is 0 Å². The van der Waals surface area contributed by atoms with Crippen LogP contribution in [-0.2, 0) is 11.2 Å². The van der Waals surface area contributed by atoms with Crippen molar-refractivity contribution in [3.63, 3.8) is 0 Å². The van der Waals surface area contributed by atoms with E-state index in [0.717, 1.165) is 5.56 Å². The number of hydrogen-bond donors (Lipinski definition) is 2. The van der Waals surface area contributed by atoms with Gasteiger partial charge >= 0.3 is 0 Å². The molecule has 0 radical (unpaired) electrons. The molecule has 2 aromatic carbocycles. The molecular weight excluding hydrogens is 376 g/mol. The summed E-state index contributed by atoms with van der Waals surface area (Å²) >= 11 is 5.88. The van der Waals surface area contributed by atoms with Gasteiger partial charge in [0.1, 0.15) is 11.5 Å². The fourth-order valence-electron chi connectivity index (χ4n) is 2.52. The highest BCUT2D eigenvalue weighted by atomic mass is 35.5. The van der Waals surface area contributed by atoms with E-state index in [1.54, 1.807) is 48.5 Å². The van der Waals surface area contributed by atoms with Crippen LogP contribution in [0.3, 0.4) is 0 Å². The van der Waals surface area contributed by atoms with E-state index < -0.39 is 5.91 Å². The Hall–Kier alpha value is -3.31. The summed E-state index contributed by atoms with van der Waals surface area (Å²) in [5.74, 6) is -0.294. The second-order valence-electron chi connectivity index (χ2n) is 6.03. The Balaban J connectivity index is 1.66. The zero-order valence-corrected chi connectivity index (χ0v) is 15.8. The van der Waals surface area contributed by atoms with Crippen LogP contribution in [0.4, 0.5) is 0 Å². The first-order valence-corrected chi connectivity index (χ1v) is 9.14. The van der Waals surface area contributed by atoms with E-state index >= 15 is 0 Å². The van der Waals surface area contributed by atoms with Crippen molar-refractivity contribution < 1.29 is 14.0 Å². The topological polar surface area (TPSA) is 71.3 Å². The molecule has 0 aliphatic heterocycles. The van der Waals surface area contributed by atoms with Crippen LogP contribution in [0.15, 0.2) is 83.1 Å². The Morgan fingerprint density at radius 2 is 1.71 bits per heavy atom. The molecule has 0 aliphatic carbocycles. The number of furan rings is 1. The highest BCUT2D eigenvalue weighted by Crippen LogP contribution is 2.10. The maximum absolute atomic E-state index is 12.6. The van der Waals surface area contributed by atoms with E-state index in [-0.39, 0.29) is 11.6 Å². The van der Waals surface area contributed by atoms with E-state index in [2.05, 4.69) is 10.6 Å². The summed E-state index contributed by atoms with van der Waals surface area (Å²) in [5.41, 5.74) is 1.62. The molecule has 0 saturated heterocycles. The molecule has 3 rings (SSSR count). The number of nitrogens with one attached hydrogen (secondary N) is 2. The molecule has 2 N–H and O–H groups in total. The third-order valence-electron chi connectivity index (χ3n) is 3.97. The van der Waals surface area contributed by atoms with Crippen molar-refractivity contribution in [2.75, 3.05) is 6.54 Å². The smallest absolute Gasteiger partial charge is 0.267 e. The van der Waals surface area contributed by atoms with Gasteiger partial charge in [-0.3, -0.25) is 9.59 Å². The molecule has 0 saturated carbocycles. The van der Waals surface area contributed by atoms with Gasteiger partial charge < -0.3 is 15.1 Å². The minimum atomic E-state index is -0.394. The zero-order chi connectivity index (χ0) is 19.8. The van der Waals surface area contributed by atoms with Crippen molar-refractivity contribution in [2.45, 2.75) is 6.42 Å². The van der Waals surface area contributed by atoms with Crippen molar-refractivity contribution in [1.82, 2.24) is 10.6 Å². The maximum atomic E-state index is 12.6. The van der Waals surface area contributed by atoms with Gasteiger partial charge in [0.05, 0.1) is 6.26 Å². The number of carbonyl (C=O) groups is 2. The molecule has 6 heteroatoms. The molecule has 0 bridgehead atoms. The normalized spacial score (nSPS) is 11.1. The van der Waals surface area contributed by atoms with Crippen LogP contribution in [0.1, 0.15) is 21.7 Å². The predicted molar refractivity (Wildman–Crippen MR) is 109 cm³/mol. The van der Waals surface area contributed by atoms with Crippen LogP contribution >= 0.6 is 11.6 Å². The number of carbonyl (C=O) groups excluding carboxylic acids is 2. The Labute approximate surface area is 168 Å². The monoisotopic (exact) mass is 394 g/mol. The molecule has 5 nitrogen and oxygen atoms in total. The van der Waals surface area contributed by atoms with E-state index in [1.807, 2.05) is 18.2 Å². The number of benzene rings is 2. The third kappa shape index (κ3) is 5.59. The van der Waals surface area contributed by atoms with Crippen molar-refractivity contribution >= 4 is 29.5 Å². The van der Waals surface area contributed by atoms with Gasteiger partial charge in [0.2, 0.25) is 0 Å². The minimum absolute atomic E-state index is 0.111. The second kappa shape index (κ2) is 9.58. The zero-order valence-electron chi connectivity index (χ0n) is 15.0. The number of rotatable bonds is 7. The quantitative estimate of drug-likeness (QED) is 0.593. The van der Waals surface area contributed by atoms with Gasteiger partial charge in [0.15, 0.2) is 0 Å². The molecule has 142 valence electrons. The van der Waals surface area contributed by atoms with E-state index in [1.165, 1.54) is 12.3 Å². The summed E-state index contributed by atoms with van der Waals surface area (Å²) in [7, 11) is 0. The van der Waals surface area contributed by atoms with Gasteiger partial charge in [0, 0.05) is 23.2 Å². The maximum Gasteiger partial charge on any atom is 0.267 e. The first kappa shape index (κ1) is 19.5. The molecule has 3 aromatic rings. The van der Waals surface area contributed by atoms with Gasteiger partial charge in [-0.1, -0.05) is 41.9 Å². The van der Waals surface area contributed by atoms with Crippen LogP contribution in [0.2, 0.25) is 5.02 Å². The summed E-state index contributed by atoms with van der Waals surface area (Å²) in [4.78, 5) is 25.1. The molecule has 1 aromatic heterocycles. The van der Waals surface area contributed by atoms with Gasteiger partial charge in [-0.05, 0) is 48.4 Å². The number of amides is 2. The number of hydrogen-bond acceptors (Lipinski definition) is 3. The SMILES string of the molecule is O=C(NCCc1ccc(Cl)cc1)/C(=C/c1ccco1)NC(=O)c1ccccc1. The highest BCUT2D eigenvalue weighted by molar-refractivity contribution is 6.30. The van der Waals surface area contributed by atoms with Gasteiger partial charge in [-0.15, -0.1) is 0 Å². The lowest BCUT2D eigenvalue weighted by atomic mass is 10.1. The summed E-state index contributed by atoms with van der Waals surface area (Å²) in [5, 5.41) is 6.15. The fraction of sp³-hybridized carbons (Fsp3) is 0.0909. The standard InChI is InChI=1S/C22H19ClN2O3/c23-18-10-8-16(9-11-18)12-13-24-22(27)20(15-19-7-4-14-28-19)25-21(26)17-5-2-1-3-6-17/h1-11,14-15H,12-13H2,(H,24,27)(H,25,26)/b20-15-. The van der Waals surface area contributed by atoms with Crippen LogP contribution in [0.5, 0.6) is 0 Å². The summed E-state index contributed by atoms with van der Waals surface area (Å²) < 4.78 is 5.27. The van der Waals surface area contributed by atoms with Crippen LogP contribution in [0, 0.1) is 0 Å².